The van der Waals surface area contributed by atoms with Crippen molar-refractivity contribution < 1.29 is 8.42 Å². The monoisotopic (exact) mass is 217 g/mol. The molecule has 0 amide bonds. The number of nitrogens with zero attached hydrogens (tertiary/aromatic N) is 2. The SMILES string of the molecule is CCS(=O)(=O)CCn1ncc(N)c1C. The van der Waals surface area contributed by atoms with E-state index in [0.717, 1.165) is 5.69 Å². The van der Waals surface area contributed by atoms with Gasteiger partial charge < -0.3 is 5.73 Å². The topological polar surface area (TPSA) is 78.0 Å². The third kappa shape index (κ3) is 2.47. The van der Waals surface area contributed by atoms with Crippen LogP contribution in [0.2, 0.25) is 0 Å². The number of nitrogen functional groups attached to an aromatic ring is 1. The molecule has 1 heterocycles. The lowest BCUT2D eigenvalue weighted by atomic mass is 10.4. The van der Waals surface area contributed by atoms with E-state index in [0.29, 0.717) is 12.2 Å². The summed E-state index contributed by atoms with van der Waals surface area (Å²) in [7, 11) is -2.93. The molecule has 0 radical (unpaired) electrons. The summed E-state index contributed by atoms with van der Waals surface area (Å²) in [5.74, 6) is 0.286. The van der Waals surface area contributed by atoms with Crippen LogP contribution < -0.4 is 5.73 Å². The Labute approximate surface area is 83.8 Å². The molecule has 2 N–H and O–H groups in total. The van der Waals surface area contributed by atoms with Gasteiger partial charge in [-0.2, -0.15) is 5.10 Å². The van der Waals surface area contributed by atoms with Crippen LogP contribution >= 0.6 is 0 Å². The van der Waals surface area contributed by atoms with Gasteiger partial charge in [-0.3, -0.25) is 4.68 Å². The summed E-state index contributed by atoms with van der Waals surface area (Å²) >= 11 is 0. The quantitative estimate of drug-likeness (QED) is 0.782. The first-order valence-electron chi connectivity index (χ1n) is 4.44. The van der Waals surface area contributed by atoms with Crippen LogP contribution in [0.4, 0.5) is 5.69 Å². The molecule has 0 unspecified atom stereocenters. The number of nitrogens with two attached hydrogens (primary N) is 1. The van der Waals surface area contributed by atoms with Crippen LogP contribution in [0.3, 0.4) is 0 Å². The van der Waals surface area contributed by atoms with Gasteiger partial charge in [-0.05, 0) is 6.92 Å². The number of hydrogen-bond acceptors (Lipinski definition) is 4. The maximum atomic E-state index is 11.2. The average molecular weight is 217 g/mol. The number of aromatic nitrogens is 2. The fourth-order valence-corrected chi connectivity index (χ4v) is 1.80. The molecule has 1 aromatic heterocycles. The molecule has 6 heteroatoms. The normalized spacial score (nSPS) is 11.9. The highest BCUT2D eigenvalue weighted by molar-refractivity contribution is 7.91. The van der Waals surface area contributed by atoms with E-state index >= 15 is 0 Å². The molecule has 14 heavy (non-hydrogen) atoms. The minimum Gasteiger partial charge on any atom is -0.396 e. The molecular weight excluding hydrogens is 202 g/mol. The van der Waals surface area contributed by atoms with Gasteiger partial charge in [0.15, 0.2) is 9.84 Å². The molecule has 0 spiro atoms. The van der Waals surface area contributed by atoms with Crippen LogP contribution in [0.5, 0.6) is 0 Å². The zero-order valence-corrected chi connectivity index (χ0v) is 9.21. The molecule has 1 rings (SSSR count). The molecule has 0 aliphatic carbocycles. The Hall–Kier alpha value is -1.04. The zero-order valence-electron chi connectivity index (χ0n) is 8.40. The molecule has 0 aliphatic heterocycles. The Kier molecular flexibility index (Phi) is 3.15. The second kappa shape index (κ2) is 4.00. The van der Waals surface area contributed by atoms with E-state index in [1.807, 2.05) is 6.92 Å². The van der Waals surface area contributed by atoms with Crippen molar-refractivity contribution in [1.29, 1.82) is 0 Å². The Balaban J connectivity index is 2.68. The van der Waals surface area contributed by atoms with Crippen LogP contribution in [-0.4, -0.2) is 29.7 Å². The fourth-order valence-electron chi connectivity index (χ4n) is 1.06. The van der Waals surface area contributed by atoms with E-state index in [9.17, 15) is 8.42 Å². The number of sulfone groups is 1. The molecule has 0 fully saturated rings. The first-order valence-corrected chi connectivity index (χ1v) is 6.26. The lowest BCUT2D eigenvalue weighted by Gasteiger charge is -2.04. The summed E-state index contributed by atoms with van der Waals surface area (Å²) in [6.45, 7) is 3.83. The average Bonchev–Trinajstić information content (AvgIpc) is 2.45. The fraction of sp³-hybridized carbons (Fsp3) is 0.625. The Morgan fingerprint density at radius 1 is 1.57 bits per heavy atom. The van der Waals surface area contributed by atoms with Gasteiger partial charge >= 0.3 is 0 Å². The minimum absolute atomic E-state index is 0.117. The van der Waals surface area contributed by atoms with Crippen molar-refractivity contribution in [2.24, 2.45) is 0 Å². The second-order valence-corrected chi connectivity index (χ2v) is 5.62. The van der Waals surface area contributed by atoms with E-state index in [1.165, 1.54) is 6.20 Å². The standard InChI is InChI=1S/C8H15N3O2S/c1-3-14(12,13)5-4-11-7(2)8(9)6-10-11/h6H,3-5,9H2,1-2H3. The highest BCUT2D eigenvalue weighted by atomic mass is 32.2. The first kappa shape index (κ1) is 11.0. The van der Waals surface area contributed by atoms with Crippen molar-refractivity contribution >= 4 is 15.5 Å². The van der Waals surface area contributed by atoms with E-state index in [-0.39, 0.29) is 11.5 Å². The maximum absolute atomic E-state index is 11.2. The van der Waals surface area contributed by atoms with Gasteiger partial charge in [0.05, 0.1) is 29.9 Å². The molecule has 0 aromatic carbocycles. The van der Waals surface area contributed by atoms with E-state index < -0.39 is 9.84 Å². The van der Waals surface area contributed by atoms with Gasteiger partial charge in [0, 0.05) is 5.75 Å². The van der Waals surface area contributed by atoms with E-state index in [4.69, 9.17) is 5.73 Å². The maximum Gasteiger partial charge on any atom is 0.151 e. The highest BCUT2D eigenvalue weighted by Crippen LogP contribution is 2.08. The van der Waals surface area contributed by atoms with Gasteiger partial charge in [0.1, 0.15) is 0 Å². The largest absolute Gasteiger partial charge is 0.396 e. The predicted molar refractivity (Wildman–Crippen MR) is 55.7 cm³/mol. The number of anilines is 1. The summed E-state index contributed by atoms with van der Waals surface area (Å²) in [6, 6.07) is 0. The van der Waals surface area contributed by atoms with Crippen LogP contribution in [0.15, 0.2) is 6.20 Å². The van der Waals surface area contributed by atoms with Crippen molar-refractivity contribution in [3.63, 3.8) is 0 Å². The molecule has 80 valence electrons. The Morgan fingerprint density at radius 2 is 2.21 bits per heavy atom. The van der Waals surface area contributed by atoms with Gasteiger partial charge in [0.2, 0.25) is 0 Å². The number of aryl methyl sites for hydroxylation is 1. The second-order valence-electron chi connectivity index (χ2n) is 3.14. The minimum atomic E-state index is -2.93. The summed E-state index contributed by atoms with van der Waals surface area (Å²) in [5.41, 5.74) is 6.99. The molecule has 0 aliphatic rings. The summed E-state index contributed by atoms with van der Waals surface area (Å²) in [6.07, 6.45) is 1.54. The molecule has 0 atom stereocenters. The van der Waals surface area contributed by atoms with Gasteiger partial charge in [-0.15, -0.1) is 0 Å². The highest BCUT2D eigenvalue weighted by Gasteiger charge is 2.09. The van der Waals surface area contributed by atoms with Crippen LogP contribution in [0.1, 0.15) is 12.6 Å². The van der Waals surface area contributed by atoms with Gasteiger partial charge in [0.25, 0.3) is 0 Å². The van der Waals surface area contributed by atoms with Crippen LogP contribution in [0, 0.1) is 6.92 Å². The molecule has 5 nitrogen and oxygen atoms in total. The Bertz CT molecular complexity index is 408. The Morgan fingerprint density at radius 3 is 2.64 bits per heavy atom. The van der Waals surface area contributed by atoms with E-state index in [2.05, 4.69) is 5.10 Å². The first-order chi connectivity index (χ1) is 6.46. The third-order valence-corrected chi connectivity index (χ3v) is 3.88. The van der Waals surface area contributed by atoms with Crippen molar-refractivity contribution in [3.05, 3.63) is 11.9 Å². The molecule has 1 aromatic rings. The lowest BCUT2D eigenvalue weighted by molar-refractivity contribution is 0.578. The van der Waals surface area contributed by atoms with Crippen molar-refractivity contribution in [2.45, 2.75) is 20.4 Å². The molecule has 0 saturated heterocycles. The van der Waals surface area contributed by atoms with Gasteiger partial charge in [-0.1, -0.05) is 6.92 Å². The van der Waals surface area contributed by atoms with Crippen molar-refractivity contribution in [2.75, 3.05) is 17.2 Å². The molecule has 0 bridgehead atoms. The van der Waals surface area contributed by atoms with Gasteiger partial charge in [-0.25, -0.2) is 8.42 Å². The van der Waals surface area contributed by atoms with Crippen molar-refractivity contribution in [3.8, 4) is 0 Å². The number of hydrogen-bond donors (Lipinski definition) is 1. The zero-order chi connectivity index (χ0) is 10.8. The molecule has 0 saturated carbocycles. The smallest absolute Gasteiger partial charge is 0.151 e. The summed E-state index contributed by atoms with van der Waals surface area (Å²) < 4.78 is 24.1. The third-order valence-electron chi connectivity index (χ3n) is 2.20. The lowest BCUT2D eigenvalue weighted by Crippen LogP contribution is -2.16. The van der Waals surface area contributed by atoms with Crippen LogP contribution in [0.25, 0.3) is 0 Å². The van der Waals surface area contributed by atoms with E-state index in [1.54, 1.807) is 11.6 Å². The summed E-state index contributed by atoms with van der Waals surface area (Å²) in [5, 5.41) is 3.98. The predicted octanol–water partition coefficient (Wildman–Crippen LogP) is 0.208. The summed E-state index contributed by atoms with van der Waals surface area (Å²) in [4.78, 5) is 0. The van der Waals surface area contributed by atoms with Crippen molar-refractivity contribution in [1.82, 2.24) is 9.78 Å². The molecular formula is C8H15N3O2S. The van der Waals surface area contributed by atoms with Crippen LogP contribution in [-0.2, 0) is 16.4 Å². The number of rotatable bonds is 4.